The first-order valence-electron chi connectivity index (χ1n) is 5.16. The number of ketones is 1. The molecule has 1 aromatic carbocycles. The first-order valence-corrected chi connectivity index (χ1v) is 6.98. The van der Waals surface area contributed by atoms with E-state index in [0.717, 1.165) is 11.1 Å². The summed E-state index contributed by atoms with van der Waals surface area (Å²) < 4.78 is 22.7. The Morgan fingerprint density at radius 3 is 2.44 bits per heavy atom. The summed E-state index contributed by atoms with van der Waals surface area (Å²) in [6.07, 6.45) is 0. The van der Waals surface area contributed by atoms with Crippen LogP contribution in [0.5, 0.6) is 0 Å². The van der Waals surface area contributed by atoms with Gasteiger partial charge < -0.3 is 0 Å². The van der Waals surface area contributed by atoms with Crippen LogP contribution in [0.15, 0.2) is 18.2 Å². The standard InChI is InChI=1S/C12H16O3S/c1-4-16(14,15)8-12(13)11-7-9(2)5-6-10(11)3/h5-7H,4,8H2,1-3H3. The molecule has 0 saturated carbocycles. The van der Waals surface area contributed by atoms with Crippen molar-refractivity contribution in [1.82, 2.24) is 0 Å². The fourth-order valence-corrected chi connectivity index (χ4v) is 2.17. The van der Waals surface area contributed by atoms with Crippen LogP contribution in [0.3, 0.4) is 0 Å². The molecule has 1 aromatic rings. The van der Waals surface area contributed by atoms with E-state index in [1.165, 1.54) is 0 Å². The van der Waals surface area contributed by atoms with Crippen LogP contribution < -0.4 is 0 Å². The SMILES string of the molecule is CCS(=O)(=O)CC(=O)c1cc(C)ccc1C. The van der Waals surface area contributed by atoms with Crippen molar-refractivity contribution < 1.29 is 13.2 Å². The highest BCUT2D eigenvalue weighted by Gasteiger charge is 2.17. The fourth-order valence-electron chi connectivity index (χ4n) is 1.42. The molecule has 0 bridgehead atoms. The second-order valence-electron chi connectivity index (χ2n) is 3.92. The molecule has 16 heavy (non-hydrogen) atoms. The zero-order chi connectivity index (χ0) is 12.3. The van der Waals surface area contributed by atoms with Crippen LogP contribution in [-0.4, -0.2) is 25.7 Å². The average Bonchev–Trinajstić information content (AvgIpc) is 2.21. The molecule has 4 heteroatoms. The van der Waals surface area contributed by atoms with Crippen molar-refractivity contribution in [2.24, 2.45) is 0 Å². The Hall–Kier alpha value is -1.16. The topological polar surface area (TPSA) is 51.2 Å². The van der Waals surface area contributed by atoms with E-state index in [2.05, 4.69) is 0 Å². The number of aryl methyl sites for hydroxylation is 2. The van der Waals surface area contributed by atoms with Gasteiger partial charge in [0.1, 0.15) is 5.75 Å². The molecule has 0 radical (unpaired) electrons. The van der Waals surface area contributed by atoms with Gasteiger partial charge in [-0.25, -0.2) is 8.42 Å². The number of hydrogen-bond acceptors (Lipinski definition) is 3. The summed E-state index contributed by atoms with van der Waals surface area (Å²) in [6.45, 7) is 5.24. The number of Topliss-reactive ketones (excluding diaryl/α,β-unsaturated/α-hetero) is 1. The van der Waals surface area contributed by atoms with Crippen molar-refractivity contribution in [3.63, 3.8) is 0 Å². The lowest BCUT2D eigenvalue weighted by molar-refractivity contribution is 0.102. The van der Waals surface area contributed by atoms with Gasteiger partial charge in [-0.2, -0.15) is 0 Å². The average molecular weight is 240 g/mol. The summed E-state index contributed by atoms with van der Waals surface area (Å²) in [7, 11) is -3.25. The largest absolute Gasteiger partial charge is 0.293 e. The van der Waals surface area contributed by atoms with E-state index >= 15 is 0 Å². The summed E-state index contributed by atoms with van der Waals surface area (Å²) >= 11 is 0. The summed E-state index contributed by atoms with van der Waals surface area (Å²) in [5.41, 5.74) is 2.29. The van der Waals surface area contributed by atoms with Gasteiger partial charge in [-0.15, -0.1) is 0 Å². The van der Waals surface area contributed by atoms with E-state index in [4.69, 9.17) is 0 Å². The number of benzene rings is 1. The van der Waals surface area contributed by atoms with Crippen molar-refractivity contribution in [3.8, 4) is 0 Å². The van der Waals surface area contributed by atoms with Crippen molar-refractivity contribution in [3.05, 3.63) is 34.9 Å². The number of carbonyl (C=O) groups is 1. The van der Waals surface area contributed by atoms with Crippen LogP contribution in [0, 0.1) is 13.8 Å². The van der Waals surface area contributed by atoms with Gasteiger partial charge in [0.15, 0.2) is 15.6 Å². The lowest BCUT2D eigenvalue weighted by Crippen LogP contribution is -2.18. The molecule has 0 amide bonds. The van der Waals surface area contributed by atoms with E-state index in [0.29, 0.717) is 5.56 Å². The van der Waals surface area contributed by atoms with Gasteiger partial charge in [-0.3, -0.25) is 4.79 Å². The van der Waals surface area contributed by atoms with Gasteiger partial charge in [-0.05, 0) is 25.5 Å². The number of carbonyl (C=O) groups excluding carboxylic acids is 1. The molecule has 0 atom stereocenters. The first-order chi connectivity index (χ1) is 7.35. The molecule has 0 aliphatic carbocycles. The van der Waals surface area contributed by atoms with Gasteiger partial charge in [0.2, 0.25) is 0 Å². The van der Waals surface area contributed by atoms with Gasteiger partial charge in [0.05, 0.1) is 0 Å². The van der Waals surface area contributed by atoms with E-state index in [9.17, 15) is 13.2 Å². The molecular formula is C12H16O3S. The lowest BCUT2D eigenvalue weighted by atomic mass is 10.0. The molecule has 0 aliphatic heterocycles. The minimum absolute atomic E-state index is 0.00357. The van der Waals surface area contributed by atoms with Gasteiger partial charge in [0.25, 0.3) is 0 Å². The van der Waals surface area contributed by atoms with Crippen LogP contribution in [0.1, 0.15) is 28.4 Å². The Labute approximate surface area is 96.4 Å². The molecule has 3 nitrogen and oxygen atoms in total. The molecule has 1 rings (SSSR count). The number of hydrogen-bond donors (Lipinski definition) is 0. The predicted molar refractivity (Wildman–Crippen MR) is 64.6 cm³/mol. The molecular weight excluding hydrogens is 224 g/mol. The maximum atomic E-state index is 11.8. The molecule has 0 unspecified atom stereocenters. The second-order valence-corrected chi connectivity index (χ2v) is 6.27. The highest BCUT2D eigenvalue weighted by Crippen LogP contribution is 2.12. The summed E-state index contributed by atoms with van der Waals surface area (Å²) in [5, 5.41) is 0. The normalized spacial score (nSPS) is 11.4. The van der Waals surface area contributed by atoms with Crippen LogP contribution in [0.4, 0.5) is 0 Å². The summed E-state index contributed by atoms with van der Waals surface area (Å²) in [5.74, 6) is -0.708. The van der Waals surface area contributed by atoms with E-state index < -0.39 is 15.6 Å². The van der Waals surface area contributed by atoms with E-state index in [-0.39, 0.29) is 11.5 Å². The lowest BCUT2D eigenvalue weighted by Gasteiger charge is -2.06. The highest BCUT2D eigenvalue weighted by molar-refractivity contribution is 7.92. The second kappa shape index (κ2) is 4.78. The molecule has 0 spiro atoms. The van der Waals surface area contributed by atoms with E-state index in [1.807, 2.05) is 26.0 Å². The van der Waals surface area contributed by atoms with Crippen LogP contribution in [0.25, 0.3) is 0 Å². The smallest absolute Gasteiger partial charge is 0.178 e. The quantitative estimate of drug-likeness (QED) is 0.755. The molecule has 0 N–H and O–H groups in total. The monoisotopic (exact) mass is 240 g/mol. The predicted octanol–water partition coefficient (Wildman–Crippen LogP) is 1.92. The fraction of sp³-hybridized carbons (Fsp3) is 0.417. The molecule has 0 fully saturated rings. The molecule has 88 valence electrons. The maximum absolute atomic E-state index is 11.8. The van der Waals surface area contributed by atoms with Crippen molar-refractivity contribution >= 4 is 15.6 Å². The van der Waals surface area contributed by atoms with Crippen LogP contribution in [0.2, 0.25) is 0 Å². The zero-order valence-electron chi connectivity index (χ0n) is 9.78. The highest BCUT2D eigenvalue weighted by atomic mass is 32.2. The summed E-state index contributed by atoms with van der Waals surface area (Å²) in [4.78, 5) is 11.8. The minimum Gasteiger partial charge on any atom is -0.293 e. The molecule has 0 saturated heterocycles. The van der Waals surface area contributed by atoms with Gasteiger partial charge in [-0.1, -0.05) is 24.6 Å². The van der Waals surface area contributed by atoms with Gasteiger partial charge >= 0.3 is 0 Å². The molecule has 0 heterocycles. The number of rotatable bonds is 4. The van der Waals surface area contributed by atoms with Crippen molar-refractivity contribution in [2.45, 2.75) is 20.8 Å². The molecule has 0 aromatic heterocycles. The third-order valence-electron chi connectivity index (χ3n) is 2.48. The van der Waals surface area contributed by atoms with Crippen LogP contribution in [-0.2, 0) is 9.84 Å². The maximum Gasteiger partial charge on any atom is 0.178 e. The first kappa shape index (κ1) is 12.9. The zero-order valence-corrected chi connectivity index (χ0v) is 10.6. The Kier molecular flexibility index (Phi) is 3.86. The Bertz CT molecular complexity index is 501. The van der Waals surface area contributed by atoms with Crippen LogP contribution >= 0.6 is 0 Å². The Balaban J connectivity index is 3.02. The minimum atomic E-state index is -3.25. The molecule has 0 aliphatic rings. The summed E-state index contributed by atoms with van der Waals surface area (Å²) in [6, 6.07) is 5.48. The van der Waals surface area contributed by atoms with E-state index in [1.54, 1.807) is 13.0 Å². The Morgan fingerprint density at radius 2 is 1.88 bits per heavy atom. The number of sulfone groups is 1. The third kappa shape index (κ3) is 3.17. The third-order valence-corrected chi connectivity index (χ3v) is 4.07. The Morgan fingerprint density at radius 1 is 1.25 bits per heavy atom. The van der Waals surface area contributed by atoms with Gasteiger partial charge in [0, 0.05) is 11.3 Å². The van der Waals surface area contributed by atoms with Crippen molar-refractivity contribution in [2.75, 3.05) is 11.5 Å². The van der Waals surface area contributed by atoms with Crippen molar-refractivity contribution in [1.29, 1.82) is 0 Å².